The molecule has 0 unspecified atom stereocenters. The maximum atomic E-state index is 12.9. The molecular formula is C23H16FNO3. The summed E-state index contributed by atoms with van der Waals surface area (Å²) in [6.07, 6.45) is 1.74. The number of carbonyl (C=O) groups excluding carboxylic acids is 1. The second-order valence-electron chi connectivity index (χ2n) is 6.23. The van der Waals surface area contributed by atoms with Crippen LogP contribution >= 0.6 is 0 Å². The molecule has 0 aromatic heterocycles. The standard InChI is InChI=1S/C23H16FNO3/c24-19-10-6-17(7-11-19)15-27-20-12-8-16(9-13-20)14-21-22(25-28-23(21)26)18-4-2-1-3-5-18/h1-14H,15H2. The SMILES string of the molecule is O=C1ON=C(c2ccccc2)C1=Cc1ccc(OCc2ccc(F)cc2)cc1. The minimum absolute atomic E-state index is 0.273. The highest BCUT2D eigenvalue weighted by Gasteiger charge is 2.26. The Kier molecular flexibility index (Phi) is 4.97. The lowest BCUT2D eigenvalue weighted by Gasteiger charge is -2.07. The Morgan fingerprint density at radius 2 is 1.64 bits per heavy atom. The summed E-state index contributed by atoms with van der Waals surface area (Å²) in [5.41, 5.74) is 3.45. The van der Waals surface area contributed by atoms with Gasteiger partial charge in [-0.25, -0.2) is 9.18 Å². The number of carbonyl (C=O) groups is 1. The third-order valence-electron chi connectivity index (χ3n) is 4.25. The Morgan fingerprint density at radius 3 is 2.36 bits per heavy atom. The Hall–Kier alpha value is -3.73. The first-order valence-electron chi connectivity index (χ1n) is 8.73. The van der Waals surface area contributed by atoms with Crippen LogP contribution in [0, 0.1) is 5.82 Å². The van der Waals surface area contributed by atoms with Gasteiger partial charge in [0.1, 0.15) is 23.9 Å². The van der Waals surface area contributed by atoms with Crippen molar-refractivity contribution in [1.29, 1.82) is 0 Å². The van der Waals surface area contributed by atoms with E-state index in [-0.39, 0.29) is 5.82 Å². The molecule has 0 bridgehead atoms. The second-order valence-corrected chi connectivity index (χ2v) is 6.23. The van der Waals surface area contributed by atoms with Gasteiger partial charge in [-0.05, 0) is 41.5 Å². The van der Waals surface area contributed by atoms with E-state index >= 15 is 0 Å². The quantitative estimate of drug-likeness (QED) is 0.479. The molecule has 4 nitrogen and oxygen atoms in total. The first-order chi connectivity index (χ1) is 13.7. The van der Waals surface area contributed by atoms with Gasteiger partial charge in [0.2, 0.25) is 0 Å². The molecule has 1 aliphatic heterocycles. The zero-order valence-corrected chi connectivity index (χ0v) is 14.8. The van der Waals surface area contributed by atoms with E-state index in [0.717, 1.165) is 16.7 Å². The van der Waals surface area contributed by atoms with Gasteiger partial charge in [-0.3, -0.25) is 0 Å². The minimum Gasteiger partial charge on any atom is -0.489 e. The van der Waals surface area contributed by atoms with Crippen molar-refractivity contribution >= 4 is 17.8 Å². The van der Waals surface area contributed by atoms with E-state index in [1.165, 1.54) is 12.1 Å². The smallest absolute Gasteiger partial charge is 0.368 e. The van der Waals surface area contributed by atoms with Crippen molar-refractivity contribution in [3.63, 3.8) is 0 Å². The van der Waals surface area contributed by atoms with Crippen LogP contribution in [0.15, 0.2) is 89.6 Å². The molecule has 28 heavy (non-hydrogen) atoms. The van der Waals surface area contributed by atoms with Crippen molar-refractivity contribution < 1.29 is 18.8 Å². The fourth-order valence-corrected chi connectivity index (χ4v) is 2.79. The van der Waals surface area contributed by atoms with Crippen LogP contribution in [0.4, 0.5) is 4.39 Å². The first-order valence-corrected chi connectivity index (χ1v) is 8.73. The van der Waals surface area contributed by atoms with Crippen molar-refractivity contribution in [1.82, 2.24) is 0 Å². The summed E-state index contributed by atoms with van der Waals surface area (Å²) in [7, 11) is 0. The largest absolute Gasteiger partial charge is 0.489 e. The molecule has 138 valence electrons. The molecule has 1 heterocycles. The molecule has 0 amide bonds. The number of hydrogen-bond donors (Lipinski definition) is 0. The first kappa shape index (κ1) is 17.7. The Labute approximate surface area is 161 Å². The number of rotatable bonds is 5. The highest BCUT2D eigenvalue weighted by atomic mass is 19.1. The molecule has 0 fully saturated rings. The van der Waals surface area contributed by atoms with E-state index in [2.05, 4.69) is 5.16 Å². The van der Waals surface area contributed by atoms with Gasteiger partial charge >= 0.3 is 5.97 Å². The van der Waals surface area contributed by atoms with Crippen LogP contribution in [-0.2, 0) is 16.2 Å². The predicted octanol–water partition coefficient (Wildman–Crippen LogP) is 4.75. The third kappa shape index (κ3) is 3.99. The molecule has 3 aromatic rings. The van der Waals surface area contributed by atoms with Crippen molar-refractivity contribution in [2.75, 3.05) is 0 Å². The van der Waals surface area contributed by atoms with E-state index < -0.39 is 5.97 Å². The molecule has 0 saturated heterocycles. The maximum Gasteiger partial charge on any atom is 0.368 e. The van der Waals surface area contributed by atoms with Crippen LogP contribution < -0.4 is 4.74 Å². The molecule has 0 radical (unpaired) electrons. The Balaban J connectivity index is 1.48. The molecule has 0 spiro atoms. The fraction of sp³-hybridized carbons (Fsp3) is 0.0435. The van der Waals surface area contributed by atoms with Gasteiger partial charge in [-0.1, -0.05) is 59.8 Å². The zero-order chi connectivity index (χ0) is 19.3. The van der Waals surface area contributed by atoms with Crippen LogP contribution in [0.2, 0.25) is 0 Å². The predicted molar refractivity (Wildman–Crippen MR) is 104 cm³/mol. The lowest BCUT2D eigenvalue weighted by Crippen LogP contribution is -2.06. The van der Waals surface area contributed by atoms with Gasteiger partial charge in [-0.2, -0.15) is 0 Å². The molecule has 0 aliphatic carbocycles. The van der Waals surface area contributed by atoms with Crippen molar-refractivity contribution in [3.8, 4) is 5.75 Å². The number of oxime groups is 1. The lowest BCUT2D eigenvalue weighted by atomic mass is 10.0. The van der Waals surface area contributed by atoms with E-state index in [4.69, 9.17) is 9.57 Å². The van der Waals surface area contributed by atoms with Crippen molar-refractivity contribution in [3.05, 3.63) is 107 Å². The van der Waals surface area contributed by atoms with Crippen LogP contribution in [0.5, 0.6) is 5.75 Å². The van der Waals surface area contributed by atoms with Gasteiger partial charge in [0, 0.05) is 5.56 Å². The second kappa shape index (κ2) is 7.88. The normalized spacial score (nSPS) is 14.7. The average Bonchev–Trinajstić information content (AvgIpc) is 3.09. The molecule has 5 heteroatoms. The molecular weight excluding hydrogens is 357 g/mol. The van der Waals surface area contributed by atoms with Crippen LogP contribution in [-0.4, -0.2) is 11.7 Å². The lowest BCUT2D eigenvalue weighted by molar-refractivity contribution is -0.136. The van der Waals surface area contributed by atoms with Crippen molar-refractivity contribution in [2.24, 2.45) is 5.16 Å². The average molecular weight is 373 g/mol. The maximum absolute atomic E-state index is 12.9. The van der Waals surface area contributed by atoms with Gasteiger partial charge in [0.25, 0.3) is 0 Å². The number of nitrogens with zero attached hydrogens (tertiary/aromatic N) is 1. The number of halogens is 1. The van der Waals surface area contributed by atoms with Crippen LogP contribution in [0.3, 0.4) is 0 Å². The minimum atomic E-state index is -0.476. The monoisotopic (exact) mass is 373 g/mol. The third-order valence-corrected chi connectivity index (χ3v) is 4.25. The fourth-order valence-electron chi connectivity index (χ4n) is 2.79. The van der Waals surface area contributed by atoms with Gasteiger partial charge in [0.15, 0.2) is 0 Å². The van der Waals surface area contributed by atoms with Gasteiger partial charge < -0.3 is 9.57 Å². The molecule has 4 rings (SSSR count). The molecule has 3 aromatic carbocycles. The van der Waals surface area contributed by atoms with E-state index in [0.29, 0.717) is 23.6 Å². The van der Waals surface area contributed by atoms with Crippen LogP contribution in [0.25, 0.3) is 6.08 Å². The summed E-state index contributed by atoms with van der Waals surface area (Å²) in [6, 6.07) is 22.9. The summed E-state index contributed by atoms with van der Waals surface area (Å²) >= 11 is 0. The Bertz CT molecular complexity index is 1040. The van der Waals surface area contributed by atoms with Gasteiger partial charge in [0.05, 0.1) is 5.57 Å². The molecule has 0 atom stereocenters. The molecule has 0 saturated carbocycles. The summed E-state index contributed by atoms with van der Waals surface area (Å²) in [6.45, 7) is 0.345. The van der Waals surface area contributed by atoms with E-state index in [1.807, 2.05) is 54.6 Å². The highest BCUT2D eigenvalue weighted by molar-refractivity contribution is 6.31. The molecule has 0 N–H and O–H groups in total. The van der Waals surface area contributed by atoms with Gasteiger partial charge in [-0.15, -0.1) is 0 Å². The topological polar surface area (TPSA) is 47.9 Å². The zero-order valence-electron chi connectivity index (χ0n) is 14.8. The number of hydrogen-bond acceptors (Lipinski definition) is 4. The van der Waals surface area contributed by atoms with E-state index in [9.17, 15) is 9.18 Å². The van der Waals surface area contributed by atoms with Crippen molar-refractivity contribution in [2.45, 2.75) is 6.61 Å². The Morgan fingerprint density at radius 1 is 0.929 bits per heavy atom. The summed E-state index contributed by atoms with van der Waals surface area (Å²) < 4.78 is 18.6. The molecule has 1 aliphatic rings. The summed E-state index contributed by atoms with van der Waals surface area (Å²) in [4.78, 5) is 16.9. The highest BCUT2D eigenvalue weighted by Crippen LogP contribution is 2.22. The summed E-state index contributed by atoms with van der Waals surface area (Å²) in [5, 5.41) is 3.90. The van der Waals surface area contributed by atoms with E-state index in [1.54, 1.807) is 18.2 Å². The van der Waals surface area contributed by atoms with Crippen LogP contribution in [0.1, 0.15) is 16.7 Å². The number of benzene rings is 3. The number of ether oxygens (including phenoxy) is 1. The summed E-state index contributed by atoms with van der Waals surface area (Å²) in [5.74, 6) is -0.0714.